The Bertz CT molecular complexity index is 805. The van der Waals surface area contributed by atoms with Crippen LogP contribution in [0.15, 0.2) is 29.4 Å². The SMILES string of the molecule is CO/N=C(\C)c1cccc(Oc2nc(C)cc(OC)n2)c1C(=O)OC. The van der Waals surface area contributed by atoms with E-state index in [1.807, 2.05) is 0 Å². The summed E-state index contributed by atoms with van der Waals surface area (Å²) in [5.74, 6) is 0.0222. The van der Waals surface area contributed by atoms with E-state index in [0.29, 0.717) is 22.8 Å². The van der Waals surface area contributed by atoms with Crippen LogP contribution in [0.1, 0.15) is 28.5 Å². The molecule has 0 radical (unpaired) electrons. The molecule has 0 atom stereocenters. The van der Waals surface area contributed by atoms with E-state index in [-0.39, 0.29) is 17.3 Å². The molecule has 0 aliphatic heterocycles. The van der Waals surface area contributed by atoms with Crippen LogP contribution >= 0.6 is 0 Å². The molecular weight excluding hydrogens is 326 g/mol. The zero-order chi connectivity index (χ0) is 18.4. The number of aromatic nitrogens is 2. The van der Waals surface area contributed by atoms with Gasteiger partial charge in [0.15, 0.2) is 0 Å². The van der Waals surface area contributed by atoms with Gasteiger partial charge >= 0.3 is 12.0 Å². The van der Waals surface area contributed by atoms with E-state index < -0.39 is 5.97 Å². The fraction of sp³-hybridized carbons (Fsp3) is 0.294. The average molecular weight is 345 g/mol. The second-order valence-electron chi connectivity index (χ2n) is 4.97. The largest absolute Gasteiger partial charge is 0.481 e. The number of hydrogen-bond acceptors (Lipinski definition) is 8. The Morgan fingerprint density at radius 2 is 1.92 bits per heavy atom. The molecule has 1 aromatic heterocycles. The lowest BCUT2D eigenvalue weighted by Gasteiger charge is -2.13. The van der Waals surface area contributed by atoms with Gasteiger partial charge in [0.25, 0.3) is 0 Å². The van der Waals surface area contributed by atoms with Gasteiger partial charge in [-0.1, -0.05) is 17.3 Å². The second kappa shape index (κ2) is 8.09. The quantitative estimate of drug-likeness (QED) is 0.451. The average Bonchev–Trinajstić information content (AvgIpc) is 2.60. The van der Waals surface area contributed by atoms with Crippen LogP contribution in [0.4, 0.5) is 0 Å². The van der Waals surface area contributed by atoms with Crippen molar-refractivity contribution < 1.29 is 23.8 Å². The van der Waals surface area contributed by atoms with Gasteiger partial charge < -0.3 is 19.0 Å². The first kappa shape index (κ1) is 18.2. The van der Waals surface area contributed by atoms with Crippen LogP contribution in [0.3, 0.4) is 0 Å². The van der Waals surface area contributed by atoms with E-state index in [2.05, 4.69) is 15.1 Å². The Morgan fingerprint density at radius 3 is 2.56 bits per heavy atom. The third-order valence-corrected chi connectivity index (χ3v) is 3.25. The number of carbonyl (C=O) groups excluding carboxylic acids is 1. The van der Waals surface area contributed by atoms with Crippen molar-refractivity contribution >= 4 is 11.7 Å². The minimum absolute atomic E-state index is 0.0560. The molecule has 8 heteroatoms. The van der Waals surface area contributed by atoms with Gasteiger partial charge in [-0.05, 0) is 19.9 Å². The van der Waals surface area contributed by atoms with E-state index >= 15 is 0 Å². The molecule has 0 fully saturated rings. The molecule has 0 unspecified atom stereocenters. The van der Waals surface area contributed by atoms with E-state index in [1.54, 1.807) is 38.1 Å². The molecule has 1 aromatic carbocycles. The fourth-order valence-electron chi connectivity index (χ4n) is 2.18. The van der Waals surface area contributed by atoms with Crippen molar-refractivity contribution in [1.82, 2.24) is 9.97 Å². The maximum absolute atomic E-state index is 12.3. The zero-order valence-corrected chi connectivity index (χ0v) is 14.7. The number of aryl methyl sites for hydroxylation is 1. The molecule has 2 aromatic rings. The van der Waals surface area contributed by atoms with Crippen LogP contribution in [0.25, 0.3) is 0 Å². The number of methoxy groups -OCH3 is 2. The first-order chi connectivity index (χ1) is 12.0. The highest BCUT2D eigenvalue weighted by molar-refractivity contribution is 6.09. The number of oxime groups is 1. The third-order valence-electron chi connectivity index (χ3n) is 3.25. The molecule has 0 amide bonds. The number of hydrogen-bond donors (Lipinski definition) is 0. The summed E-state index contributed by atoms with van der Waals surface area (Å²) in [5.41, 5.74) is 1.88. The normalized spacial score (nSPS) is 11.0. The molecule has 1 heterocycles. The van der Waals surface area contributed by atoms with Crippen LogP contribution < -0.4 is 9.47 Å². The molecule has 0 saturated heterocycles. The van der Waals surface area contributed by atoms with Crippen molar-refractivity contribution in [1.29, 1.82) is 0 Å². The first-order valence-electron chi connectivity index (χ1n) is 7.37. The smallest absolute Gasteiger partial charge is 0.342 e. The third kappa shape index (κ3) is 4.23. The summed E-state index contributed by atoms with van der Waals surface area (Å²) in [6, 6.07) is 6.78. The minimum Gasteiger partial charge on any atom is -0.481 e. The van der Waals surface area contributed by atoms with E-state index in [0.717, 1.165) is 0 Å². The summed E-state index contributed by atoms with van der Waals surface area (Å²) in [6.07, 6.45) is 0. The number of esters is 1. The summed E-state index contributed by atoms with van der Waals surface area (Å²) < 4.78 is 15.7. The fourth-order valence-corrected chi connectivity index (χ4v) is 2.18. The molecule has 25 heavy (non-hydrogen) atoms. The first-order valence-corrected chi connectivity index (χ1v) is 7.37. The van der Waals surface area contributed by atoms with E-state index in [9.17, 15) is 4.79 Å². The Balaban J connectivity index is 2.54. The standard InChI is InChI=1S/C17H19N3O5/c1-10-9-14(22-3)19-17(18-10)25-13-8-6-7-12(11(2)20-24-5)15(13)16(21)23-4/h6-9H,1-5H3/b20-11+. The monoisotopic (exact) mass is 345 g/mol. The van der Waals surface area contributed by atoms with Gasteiger partial charge in [0, 0.05) is 17.3 Å². The molecular formula is C17H19N3O5. The van der Waals surface area contributed by atoms with Crippen LogP contribution in [-0.2, 0) is 9.57 Å². The van der Waals surface area contributed by atoms with Crippen molar-refractivity contribution in [3.63, 3.8) is 0 Å². The molecule has 2 rings (SSSR count). The molecule has 0 bridgehead atoms. The number of rotatable bonds is 6. The van der Waals surface area contributed by atoms with Crippen LogP contribution in [0, 0.1) is 6.92 Å². The molecule has 8 nitrogen and oxygen atoms in total. The van der Waals surface area contributed by atoms with Crippen molar-refractivity contribution in [3.05, 3.63) is 41.1 Å². The number of nitrogens with zero attached hydrogens (tertiary/aromatic N) is 3. The van der Waals surface area contributed by atoms with Crippen molar-refractivity contribution in [2.45, 2.75) is 13.8 Å². The molecule has 0 aliphatic carbocycles. The van der Waals surface area contributed by atoms with Crippen LogP contribution in [0.2, 0.25) is 0 Å². The maximum atomic E-state index is 12.3. The zero-order valence-electron chi connectivity index (χ0n) is 14.7. The number of ether oxygens (including phenoxy) is 3. The summed E-state index contributed by atoms with van der Waals surface area (Å²) in [5, 5.41) is 3.86. The van der Waals surface area contributed by atoms with E-state index in [1.165, 1.54) is 21.3 Å². The highest BCUT2D eigenvalue weighted by Gasteiger charge is 2.21. The highest BCUT2D eigenvalue weighted by Crippen LogP contribution is 2.28. The Hall–Kier alpha value is -3.16. The van der Waals surface area contributed by atoms with Gasteiger partial charge in [-0.2, -0.15) is 9.97 Å². The van der Waals surface area contributed by atoms with Crippen molar-refractivity contribution in [2.24, 2.45) is 5.16 Å². The van der Waals surface area contributed by atoms with Gasteiger partial charge in [0.2, 0.25) is 5.88 Å². The van der Waals surface area contributed by atoms with Crippen LogP contribution in [-0.4, -0.2) is 43.0 Å². The molecule has 0 saturated carbocycles. The number of benzene rings is 1. The Morgan fingerprint density at radius 1 is 1.16 bits per heavy atom. The Labute approximate surface area is 145 Å². The second-order valence-corrected chi connectivity index (χ2v) is 4.97. The van der Waals surface area contributed by atoms with E-state index in [4.69, 9.17) is 19.0 Å². The topological polar surface area (TPSA) is 92.1 Å². The summed E-state index contributed by atoms with van der Waals surface area (Å²) in [6.45, 7) is 3.49. The predicted octanol–water partition coefficient (Wildman–Crippen LogP) is 2.74. The summed E-state index contributed by atoms with van der Waals surface area (Å²) in [4.78, 5) is 25.4. The summed E-state index contributed by atoms with van der Waals surface area (Å²) >= 11 is 0. The molecule has 0 aliphatic rings. The van der Waals surface area contributed by atoms with Crippen LogP contribution in [0.5, 0.6) is 17.6 Å². The van der Waals surface area contributed by atoms with Gasteiger partial charge in [-0.3, -0.25) is 0 Å². The molecule has 0 spiro atoms. The van der Waals surface area contributed by atoms with Gasteiger partial charge in [0.1, 0.15) is 18.4 Å². The maximum Gasteiger partial charge on any atom is 0.342 e. The van der Waals surface area contributed by atoms with Gasteiger partial charge in [0.05, 0.1) is 19.9 Å². The lowest BCUT2D eigenvalue weighted by Crippen LogP contribution is -2.11. The van der Waals surface area contributed by atoms with Crippen molar-refractivity contribution in [2.75, 3.05) is 21.3 Å². The lowest BCUT2D eigenvalue weighted by atomic mass is 10.0. The summed E-state index contributed by atoms with van der Waals surface area (Å²) in [7, 11) is 4.21. The number of carbonyl (C=O) groups is 1. The highest BCUT2D eigenvalue weighted by atomic mass is 16.6. The minimum atomic E-state index is -0.573. The van der Waals surface area contributed by atoms with Gasteiger partial charge in [-0.25, -0.2) is 4.79 Å². The lowest BCUT2D eigenvalue weighted by molar-refractivity contribution is 0.0597. The molecule has 0 N–H and O–H groups in total. The Kier molecular flexibility index (Phi) is 5.89. The van der Waals surface area contributed by atoms with Gasteiger partial charge in [-0.15, -0.1) is 0 Å². The predicted molar refractivity (Wildman–Crippen MR) is 90.4 cm³/mol. The van der Waals surface area contributed by atoms with Crippen molar-refractivity contribution in [3.8, 4) is 17.6 Å². The molecule has 132 valence electrons.